The van der Waals surface area contributed by atoms with Gasteiger partial charge in [0.25, 0.3) is 5.76 Å². The number of aliphatic hydroxyl groups is 1. The molecule has 1 aromatic rings. The van der Waals surface area contributed by atoms with Crippen molar-refractivity contribution in [1.82, 2.24) is 5.32 Å². The highest BCUT2D eigenvalue weighted by molar-refractivity contribution is 7.99. The van der Waals surface area contributed by atoms with Crippen LogP contribution >= 0.6 is 11.8 Å². The zero-order chi connectivity index (χ0) is 16.8. The van der Waals surface area contributed by atoms with Crippen LogP contribution < -0.4 is 10.6 Å². The van der Waals surface area contributed by atoms with Crippen LogP contribution in [0.25, 0.3) is 0 Å². The van der Waals surface area contributed by atoms with Gasteiger partial charge in [-0.25, -0.2) is 4.79 Å². The molecule has 22 heavy (non-hydrogen) atoms. The Hall–Kier alpha value is -1.34. The van der Waals surface area contributed by atoms with E-state index in [0.717, 1.165) is 0 Å². The van der Waals surface area contributed by atoms with Crippen molar-refractivity contribution in [1.29, 1.82) is 0 Å². The van der Waals surface area contributed by atoms with Crippen LogP contribution in [-0.2, 0) is 0 Å². The number of rotatable bonds is 7. The molecule has 1 rings (SSSR count). The summed E-state index contributed by atoms with van der Waals surface area (Å²) in [7, 11) is 0. The molecule has 124 valence electrons. The van der Waals surface area contributed by atoms with Gasteiger partial charge in [0.1, 0.15) is 0 Å². The molecule has 0 aliphatic carbocycles. The lowest BCUT2D eigenvalue weighted by Crippen LogP contribution is -2.38. The Labute approximate surface area is 133 Å². The van der Waals surface area contributed by atoms with Gasteiger partial charge in [0.2, 0.25) is 0 Å². The number of aliphatic hydroxyl groups excluding tert-OH is 1. The van der Waals surface area contributed by atoms with Crippen molar-refractivity contribution in [3.8, 4) is 0 Å². The number of carbonyl (C=O) groups excluding carboxylic acids is 1. The monoisotopic (exact) mass is 332 g/mol. The summed E-state index contributed by atoms with van der Waals surface area (Å²) in [4.78, 5) is 12.2. The van der Waals surface area contributed by atoms with Crippen LogP contribution in [0.4, 0.5) is 19.3 Å². The number of nitrogens with one attached hydrogen (secondary N) is 2. The summed E-state index contributed by atoms with van der Waals surface area (Å²) in [6.45, 7) is 5.99. The first kappa shape index (κ1) is 18.7. The van der Waals surface area contributed by atoms with Crippen LogP contribution in [0.2, 0.25) is 0 Å². The third-order valence-electron chi connectivity index (χ3n) is 2.89. The fraction of sp³-hybridized carbons (Fsp3) is 0.533. The van der Waals surface area contributed by atoms with E-state index in [9.17, 15) is 18.7 Å². The van der Waals surface area contributed by atoms with Gasteiger partial charge in [-0.3, -0.25) is 0 Å². The molecule has 0 spiro atoms. The van der Waals surface area contributed by atoms with Gasteiger partial charge in [-0.15, -0.1) is 0 Å². The Morgan fingerprint density at radius 3 is 2.68 bits per heavy atom. The summed E-state index contributed by atoms with van der Waals surface area (Å²) in [6.07, 6.45) is 0.122. The first-order valence-electron chi connectivity index (χ1n) is 6.96. The molecule has 0 heterocycles. The Morgan fingerprint density at radius 2 is 2.09 bits per heavy atom. The van der Waals surface area contributed by atoms with Crippen molar-refractivity contribution < 1.29 is 18.7 Å². The van der Waals surface area contributed by atoms with Gasteiger partial charge in [-0.2, -0.15) is 8.78 Å². The largest absolute Gasteiger partial charge is 0.393 e. The number of benzene rings is 1. The molecule has 0 fully saturated rings. The van der Waals surface area contributed by atoms with E-state index < -0.39 is 17.9 Å². The predicted molar refractivity (Wildman–Crippen MR) is 85.4 cm³/mol. The number of amides is 2. The van der Waals surface area contributed by atoms with Crippen LogP contribution in [0.1, 0.15) is 27.2 Å². The highest BCUT2D eigenvalue weighted by Crippen LogP contribution is 2.27. The molecule has 0 radical (unpaired) electrons. The number of halogens is 2. The Balaban J connectivity index is 2.51. The quantitative estimate of drug-likeness (QED) is 0.663. The summed E-state index contributed by atoms with van der Waals surface area (Å²) in [6, 6.07) is 5.90. The predicted octanol–water partition coefficient (Wildman–Crippen LogP) is 3.92. The molecule has 0 bridgehead atoms. The van der Waals surface area contributed by atoms with Crippen molar-refractivity contribution in [2.24, 2.45) is 5.41 Å². The minimum atomic E-state index is -2.50. The zero-order valence-electron chi connectivity index (χ0n) is 12.9. The minimum Gasteiger partial charge on any atom is -0.393 e. The average molecular weight is 332 g/mol. The molecule has 0 aliphatic heterocycles. The molecular weight excluding hydrogens is 310 g/mol. The summed E-state index contributed by atoms with van der Waals surface area (Å²) >= 11 is 0.431. The molecule has 4 nitrogen and oxygen atoms in total. The smallest absolute Gasteiger partial charge is 0.319 e. The molecule has 3 N–H and O–H groups in total. The molecule has 0 saturated carbocycles. The van der Waals surface area contributed by atoms with Crippen molar-refractivity contribution >= 4 is 23.5 Å². The van der Waals surface area contributed by atoms with Crippen LogP contribution in [0.15, 0.2) is 29.2 Å². The van der Waals surface area contributed by atoms with E-state index in [1.54, 1.807) is 25.1 Å². The third-order valence-corrected chi connectivity index (χ3v) is 3.60. The number of carbonyl (C=O) groups is 1. The van der Waals surface area contributed by atoms with Crippen molar-refractivity contribution in [3.63, 3.8) is 0 Å². The lowest BCUT2D eigenvalue weighted by atomic mass is 9.87. The second-order valence-electron chi connectivity index (χ2n) is 5.93. The van der Waals surface area contributed by atoms with E-state index in [2.05, 4.69) is 10.6 Å². The molecule has 0 saturated heterocycles. The van der Waals surface area contributed by atoms with E-state index in [1.165, 1.54) is 6.07 Å². The maximum Gasteiger partial charge on any atom is 0.319 e. The minimum absolute atomic E-state index is 0.237. The number of alkyl halides is 2. The second kappa shape index (κ2) is 8.33. The average Bonchev–Trinajstić information content (AvgIpc) is 2.34. The Morgan fingerprint density at radius 1 is 1.41 bits per heavy atom. The number of hydrogen-bond acceptors (Lipinski definition) is 3. The van der Waals surface area contributed by atoms with Gasteiger partial charge in [0.05, 0.1) is 6.10 Å². The van der Waals surface area contributed by atoms with Gasteiger partial charge >= 0.3 is 6.03 Å². The maximum atomic E-state index is 12.3. The molecular formula is C15H22F2N2O2S. The fourth-order valence-electron chi connectivity index (χ4n) is 2.12. The van der Waals surface area contributed by atoms with Crippen molar-refractivity contribution in [3.05, 3.63) is 24.3 Å². The topological polar surface area (TPSA) is 61.4 Å². The van der Waals surface area contributed by atoms with Crippen LogP contribution in [0.3, 0.4) is 0 Å². The fourth-order valence-corrected chi connectivity index (χ4v) is 2.67. The molecule has 1 atom stereocenters. The summed E-state index contributed by atoms with van der Waals surface area (Å²) in [5.41, 5.74) is 0.218. The lowest BCUT2D eigenvalue weighted by Gasteiger charge is -2.26. The normalized spacial score (nSPS) is 13.0. The number of thioether (sulfide) groups is 1. The SMILES string of the molecule is CC(O)CC(C)(C)CNC(=O)Nc1cccc(SC(F)F)c1. The Bertz CT molecular complexity index is 496. The van der Waals surface area contributed by atoms with Gasteiger partial charge < -0.3 is 15.7 Å². The molecule has 7 heteroatoms. The number of anilines is 1. The maximum absolute atomic E-state index is 12.3. The first-order valence-corrected chi connectivity index (χ1v) is 7.84. The summed E-state index contributed by atoms with van der Waals surface area (Å²) in [5.74, 6) is -2.50. The van der Waals surface area contributed by atoms with Crippen molar-refractivity contribution in [2.75, 3.05) is 11.9 Å². The molecule has 1 aromatic carbocycles. The molecule has 2 amide bonds. The van der Waals surface area contributed by atoms with Crippen LogP contribution in [-0.4, -0.2) is 29.5 Å². The van der Waals surface area contributed by atoms with Crippen molar-refractivity contribution in [2.45, 2.75) is 43.9 Å². The lowest BCUT2D eigenvalue weighted by molar-refractivity contribution is 0.129. The van der Waals surface area contributed by atoms with Crippen LogP contribution in [0, 0.1) is 5.41 Å². The van der Waals surface area contributed by atoms with Gasteiger partial charge in [-0.1, -0.05) is 31.7 Å². The molecule has 0 aliphatic rings. The van der Waals surface area contributed by atoms with E-state index >= 15 is 0 Å². The van der Waals surface area contributed by atoms with Gasteiger partial charge in [-0.05, 0) is 37.0 Å². The third kappa shape index (κ3) is 7.61. The first-order chi connectivity index (χ1) is 10.2. The number of urea groups is 1. The zero-order valence-corrected chi connectivity index (χ0v) is 13.7. The Kier molecular flexibility index (Phi) is 7.09. The standard InChI is InChI=1S/C15H22F2N2O2S/c1-10(20)8-15(2,3)9-18-14(21)19-11-5-4-6-12(7-11)22-13(16)17/h4-7,10,13,20H,8-9H2,1-3H3,(H2,18,19,21). The van der Waals surface area contributed by atoms with Crippen LogP contribution in [0.5, 0.6) is 0 Å². The van der Waals surface area contributed by atoms with E-state index in [1.807, 2.05) is 13.8 Å². The summed E-state index contributed by atoms with van der Waals surface area (Å²) < 4.78 is 24.6. The van der Waals surface area contributed by atoms with Gasteiger partial charge in [0, 0.05) is 17.1 Å². The summed E-state index contributed by atoms with van der Waals surface area (Å²) in [5, 5.41) is 14.7. The van der Waals surface area contributed by atoms with E-state index in [0.29, 0.717) is 35.3 Å². The molecule has 0 aromatic heterocycles. The number of hydrogen-bond donors (Lipinski definition) is 3. The van der Waals surface area contributed by atoms with E-state index in [4.69, 9.17) is 0 Å². The van der Waals surface area contributed by atoms with E-state index in [-0.39, 0.29) is 5.41 Å². The highest BCUT2D eigenvalue weighted by Gasteiger charge is 2.21. The van der Waals surface area contributed by atoms with Gasteiger partial charge in [0.15, 0.2) is 0 Å². The highest BCUT2D eigenvalue weighted by atomic mass is 32.2. The molecule has 1 unspecified atom stereocenters. The second-order valence-corrected chi connectivity index (χ2v) is 6.99.